The first-order valence-corrected chi connectivity index (χ1v) is 6.65. The minimum absolute atomic E-state index is 0.181. The normalized spacial score (nSPS) is 25.4. The van der Waals surface area contributed by atoms with Crippen LogP contribution in [0.2, 0.25) is 0 Å². The summed E-state index contributed by atoms with van der Waals surface area (Å²) in [5.41, 5.74) is 6.12. The summed E-state index contributed by atoms with van der Waals surface area (Å²) in [6, 6.07) is 0.857. The standard InChI is InChI=1S/C13H27N3O/c1-10(2)16(4)13(17)9-15(3)12-8-6-5-7-11(12)14/h10-12H,5-9,14H2,1-4H3. The van der Waals surface area contributed by atoms with Crippen molar-refractivity contribution in [2.75, 3.05) is 20.6 Å². The molecule has 4 heteroatoms. The molecule has 1 fully saturated rings. The number of nitrogens with zero attached hydrogens (tertiary/aromatic N) is 2. The highest BCUT2D eigenvalue weighted by atomic mass is 16.2. The maximum absolute atomic E-state index is 12.0. The Labute approximate surface area is 105 Å². The highest BCUT2D eigenvalue weighted by Crippen LogP contribution is 2.20. The third kappa shape index (κ3) is 3.96. The van der Waals surface area contributed by atoms with Gasteiger partial charge in [-0.1, -0.05) is 12.8 Å². The molecule has 0 heterocycles. The van der Waals surface area contributed by atoms with Crippen LogP contribution in [0.5, 0.6) is 0 Å². The predicted molar refractivity (Wildman–Crippen MR) is 70.8 cm³/mol. The Morgan fingerprint density at radius 3 is 2.41 bits per heavy atom. The van der Waals surface area contributed by atoms with Crippen LogP contribution in [0.15, 0.2) is 0 Å². The van der Waals surface area contributed by atoms with Crippen LogP contribution in [0, 0.1) is 0 Å². The van der Waals surface area contributed by atoms with Gasteiger partial charge in [0.05, 0.1) is 6.54 Å². The molecule has 1 rings (SSSR count). The topological polar surface area (TPSA) is 49.6 Å². The van der Waals surface area contributed by atoms with Gasteiger partial charge in [-0.15, -0.1) is 0 Å². The number of likely N-dealkylation sites (N-methyl/N-ethyl adjacent to an activating group) is 2. The molecule has 2 atom stereocenters. The number of rotatable bonds is 4. The maximum atomic E-state index is 12.0. The summed E-state index contributed by atoms with van der Waals surface area (Å²) in [6.07, 6.45) is 4.67. The van der Waals surface area contributed by atoms with Crippen molar-refractivity contribution in [1.29, 1.82) is 0 Å². The largest absolute Gasteiger partial charge is 0.342 e. The zero-order valence-electron chi connectivity index (χ0n) is 11.6. The first kappa shape index (κ1) is 14.5. The van der Waals surface area contributed by atoms with E-state index in [9.17, 15) is 4.79 Å². The zero-order chi connectivity index (χ0) is 13.0. The second-order valence-corrected chi connectivity index (χ2v) is 5.53. The average molecular weight is 241 g/mol. The van der Waals surface area contributed by atoms with Crippen LogP contribution in [-0.4, -0.2) is 54.5 Å². The fourth-order valence-electron chi connectivity index (χ4n) is 2.42. The zero-order valence-corrected chi connectivity index (χ0v) is 11.6. The van der Waals surface area contributed by atoms with Crippen molar-refractivity contribution in [3.63, 3.8) is 0 Å². The lowest BCUT2D eigenvalue weighted by atomic mass is 9.90. The molecule has 0 spiro atoms. The molecule has 0 aromatic heterocycles. The molecule has 1 saturated carbocycles. The molecule has 1 aliphatic carbocycles. The summed E-state index contributed by atoms with van der Waals surface area (Å²) in [4.78, 5) is 15.9. The van der Waals surface area contributed by atoms with Gasteiger partial charge in [-0.25, -0.2) is 0 Å². The Morgan fingerprint density at radius 1 is 1.29 bits per heavy atom. The Balaban J connectivity index is 2.47. The van der Waals surface area contributed by atoms with Crippen LogP contribution in [0.25, 0.3) is 0 Å². The summed E-state index contributed by atoms with van der Waals surface area (Å²) in [5.74, 6) is 0.181. The molecule has 0 saturated heterocycles. The first-order chi connectivity index (χ1) is 7.93. The average Bonchev–Trinajstić information content (AvgIpc) is 2.28. The van der Waals surface area contributed by atoms with Gasteiger partial charge in [0.1, 0.15) is 0 Å². The number of hydrogen-bond donors (Lipinski definition) is 1. The van der Waals surface area contributed by atoms with Gasteiger partial charge in [-0.3, -0.25) is 9.69 Å². The van der Waals surface area contributed by atoms with Crippen molar-refractivity contribution >= 4 is 5.91 Å². The Morgan fingerprint density at radius 2 is 1.88 bits per heavy atom. The molecule has 17 heavy (non-hydrogen) atoms. The number of carbonyl (C=O) groups excluding carboxylic acids is 1. The van der Waals surface area contributed by atoms with Crippen LogP contribution in [0.3, 0.4) is 0 Å². The van der Waals surface area contributed by atoms with Gasteiger partial charge in [0.15, 0.2) is 0 Å². The number of nitrogens with two attached hydrogens (primary N) is 1. The Kier molecular flexibility index (Phi) is 5.40. The van der Waals surface area contributed by atoms with E-state index in [1.807, 2.05) is 27.9 Å². The molecular weight excluding hydrogens is 214 g/mol. The monoisotopic (exact) mass is 241 g/mol. The number of hydrogen-bond acceptors (Lipinski definition) is 3. The highest BCUT2D eigenvalue weighted by molar-refractivity contribution is 5.78. The van der Waals surface area contributed by atoms with Gasteiger partial charge in [-0.2, -0.15) is 0 Å². The third-order valence-electron chi connectivity index (χ3n) is 3.90. The molecule has 2 N–H and O–H groups in total. The molecule has 0 bridgehead atoms. The lowest BCUT2D eigenvalue weighted by Gasteiger charge is -2.36. The van der Waals surface area contributed by atoms with Crippen molar-refractivity contribution < 1.29 is 4.79 Å². The first-order valence-electron chi connectivity index (χ1n) is 6.65. The van der Waals surface area contributed by atoms with E-state index in [-0.39, 0.29) is 18.0 Å². The second kappa shape index (κ2) is 6.36. The smallest absolute Gasteiger partial charge is 0.236 e. The van der Waals surface area contributed by atoms with E-state index in [1.165, 1.54) is 12.8 Å². The SMILES string of the molecule is CC(C)N(C)C(=O)CN(C)C1CCCCC1N. The summed E-state index contributed by atoms with van der Waals surface area (Å²) >= 11 is 0. The molecule has 0 radical (unpaired) electrons. The molecular formula is C13H27N3O. The molecule has 0 aromatic rings. The van der Waals surface area contributed by atoms with Gasteiger partial charge in [0, 0.05) is 25.2 Å². The predicted octanol–water partition coefficient (Wildman–Crippen LogP) is 1.05. The molecule has 1 amide bonds. The second-order valence-electron chi connectivity index (χ2n) is 5.53. The van der Waals surface area contributed by atoms with Crippen LogP contribution in [0.4, 0.5) is 0 Å². The van der Waals surface area contributed by atoms with Crippen LogP contribution >= 0.6 is 0 Å². The quantitative estimate of drug-likeness (QED) is 0.800. The summed E-state index contributed by atoms with van der Waals surface area (Å²) in [5, 5.41) is 0. The van der Waals surface area contributed by atoms with Crippen LogP contribution < -0.4 is 5.73 Å². The third-order valence-corrected chi connectivity index (χ3v) is 3.90. The van der Waals surface area contributed by atoms with Crippen molar-refractivity contribution in [2.24, 2.45) is 5.73 Å². The molecule has 4 nitrogen and oxygen atoms in total. The van der Waals surface area contributed by atoms with Crippen molar-refractivity contribution in [1.82, 2.24) is 9.80 Å². The van der Waals surface area contributed by atoms with Gasteiger partial charge < -0.3 is 10.6 Å². The van der Waals surface area contributed by atoms with E-state index in [2.05, 4.69) is 4.90 Å². The Hall–Kier alpha value is -0.610. The summed E-state index contributed by atoms with van der Waals surface area (Å²) in [7, 11) is 3.88. The molecule has 2 unspecified atom stereocenters. The number of carbonyl (C=O) groups is 1. The lowest BCUT2D eigenvalue weighted by Crippen LogP contribution is -2.51. The van der Waals surface area contributed by atoms with Crippen LogP contribution in [-0.2, 0) is 4.79 Å². The van der Waals surface area contributed by atoms with Crippen LogP contribution in [0.1, 0.15) is 39.5 Å². The van der Waals surface area contributed by atoms with Gasteiger partial charge in [-0.05, 0) is 33.7 Å². The highest BCUT2D eigenvalue weighted by Gasteiger charge is 2.27. The molecule has 1 aliphatic rings. The van der Waals surface area contributed by atoms with E-state index in [4.69, 9.17) is 5.73 Å². The van der Waals surface area contributed by atoms with E-state index in [1.54, 1.807) is 4.90 Å². The van der Waals surface area contributed by atoms with E-state index in [0.29, 0.717) is 12.6 Å². The van der Waals surface area contributed by atoms with Crippen molar-refractivity contribution in [3.8, 4) is 0 Å². The lowest BCUT2D eigenvalue weighted by molar-refractivity contribution is -0.133. The van der Waals surface area contributed by atoms with E-state index < -0.39 is 0 Å². The fourth-order valence-corrected chi connectivity index (χ4v) is 2.42. The van der Waals surface area contributed by atoms with E-state index in [0.717, 1.165) is 12.8 Å². The minimum Gasteiger partial charge on any atom is -0.342 e. The summed E-state index contributed by atoms with van der Waals surface area (Å²) < 4.78 is 0. The molecule has 0 aromatic carbocycles. The fraction of sp³-hybridized carbons (Fsp3) is 0.923. The number of amides is 1. The summed E-state index contributed by atoms with van der Waals surface area (Å²) in [6.45, 7) is 4.54. The molecule has 100 valence electrons. The minimum atomic E-state index is 0.181. The van der Waals surface area contributed by atoms with Gasteiger partial charge in [0.2, 0.25) is 5.91 Å². The van der Waals surface area contributed by atoms with Gasteiger partial charge >= 0.3 is 0 Å². The molecule has 0 aliphatic heterocycles. The van der Waals surface area contributed by atoms with Crippen molar-refractivity contribution in [3.05, 3.63) is 0 Å². The van der Waals surface area contributed by atoms with Gasteiger partial charge in [0.25, 0.3) is 0 Å². The van der Waals surface area contributed by atoms with Crippen molar-refractivity contribution in [2.45, 2.75) is 57.7 Å². The van der Waals surface area contributed by atoms with E-state index >= 15 is 0 Å². The maximum Gasteiger partial charge on any atom is 0.236 e. The Bertz CT molecular complexity index is 255.